The smallest absolute Gasteiger partial charge is 0.0870 e. The van der Waals surface area contributed by atoms with Crippen LogP contribution >= 0.6 is 0 Å². The first kappa shape index (κ1) is 23.9. The van der Waals surface area contributed by atoms with Crippen molar-refractivity contribution in [1.82, 2.24) is 16.0 Å². The second-order valence-corrected chi connectivity index (χ2v) is 9.42. The molecule has 178 valence electrons. The van der Waals surface area contributed by atoms with Gasteiger partial charge >= 0.3 is 0 Å². The lowest BCUT2D eigenvalue weighted by atomic mass is 9.81. The molecular formula is C28H41N5. The van der Waals surface area contributed by atoms with Crippen LogP contribution in [0.15, 0.2) is 64.7 Å². The Morgan fingerprint density at radius 2 is 1.67 bits per heavy atom. The number of nitrogens with zero attached hydrogens (tertiary/aromatic N) is 2. The van der Waals surface area contributed by atoms with Crippen molar-refractivity contribution in [2.75, 3.05) is 32.7 Å². The molecule has 3 N–H and O–H groups in total. The molecule has 0 aromatic heterocycles. The summed E-state index contributed by atoms with van der Waals surface area (Å²) in [5.41, 5.74) is 3.75. The van der Waals surface area contributed by atoms with Gasteiger partial charge in [0.05, 0.1) is 24.8 Å². The second-order valence-electron chi connectivity index (χ2n) is 9.42. The Balaban J connectivity index is 1.27. The first-order valence-electron chi connectivity index (χ1n) is 13.1. The van der Waals surface area contributed by atoms with Crippen molar-refractivity contribution in [1.29, 1.82) is 0 Å². The monoisotopic (exact) mass is 447 g/mol. The summed E-state index contributed by atoms with van der Waals surface area (Å²) in [4.78, 5) is 10.1. The lowest BCUT2D eigenvalue weighted by Crippen LogP contribution is -2.44. The van der Waals surface area contributed by atoms with Crippen molar-refractivity contribution < 1.29 is 0 Å². The van der Waals surface area contributed by atoms with Gasteiger partial charge in [0.1, 0.15) is 0 Å². The summed E-state index contributed by atoms with van der Waals surface area (Å²) in [5.74, 6) is 0.706. The highest BCUT2D eigenvalue weighted by molar-refractivity contribution is 6.05. The van der Waals surface area contributed by atoms with Crippen LogP contribution in [0.3, 0.4) is 0 Å². The van der Waals surface area contributed by atoms with E-state index in [1.807, 2.05) is 12.3 Å². The third-order valence-corrected chi connectivity index (χ3v) is 7.00. The number of dihydropyridines is 1. The summed E-state index contributed by atoms with van der Waals surface area (Å²) in [6.07, 6.45) is 19.0. The molecule has 0 spiro atoms. The standard InChI is InChI=1S/C28H41N5/c1-3-11-23(12-4-1)27(25-15-7-9-17-30-25)32-21-19-29-20-22-33-28(24-13-5-2-6-14-24)26-16-8-10-18-31-26/h1,3-4,7,9,11-12,15,17,24-26,29-31H,2,5-6,8,10,13-14,16,18-22H2. The van der Waals surface area contributed by atoms with E-state index >= 15 is 0 Å². The van der Waals surface area contributed by atoms with Gasteiger partial charge in [0, 0.05) is 24.8 Å². The van der Waals surface area contributed by atoms with Gasteiger partial charge in [-0.25, -0.2) is 0 Å². The van der Waals surface area contributed by atoms with Gasteiger partial charge in [-0.15, -0.1) is 0 Å². The largest absolute Gasteiger partial charge is 0.379 e. The van der Waals surface area contributed by atoms with Crippen molar-refractivity contribution in [3.63, 3.8) is 0 Å². The lowest BCUT2D eigenvalue weighted by Gasteiger charge is -2.32. The molecule has 2 aliphatic heterocycles. The van der Waals surface area contributed by atoms with Crippen LogP contribution in [0.2, 0.25) is 0 Å². The fourth-order valence-electron chi connectivity index (χ4n) is 5.26. The van der Waals surface area contributed by atoms with Gasteiger partial charge in [0.15, 0.2) is 0 Å². The summed E-state index contributed by atoms with van der Waals surface area (Å²) in [6, 6.07) is 11.1. The number of hydrogen-bond donors (Lipinski definition) is 3. The SMILES string of the molecule is C1=CNC(C(=NCCNCCN=C(C2CCCCC2)C2CCCCN2)c2ccccc2)C=C1. The van der Waals surface area contributed by atoms with Crippen molar-refractivity contribution in [3.8, 4) is 0 Å². The number of benzene rings is 1. The van der Waals surface area contributed by atoms with Gasteiger partial charge in [0.25, 0.3) is 0 Å². The summed E-state index contributed by atoms with van der Waals surface area (Å²) in [5, 5.41) is 10.7. The van der Waals surface area contributed by atoms with Crippen LogP contribution in [-0.4, -0.2) is 56.2 Å². The van der Waals surface area contributed by atoms with Crippen LogP contribution in [0.5, 0.6) is 0 Å². The number of hydrogen-bond acceptors (Lipinski definition) is 5. The van der Waals surface area contributed by atoms with E-state index < -0.39 is 0 Å². The molecule has 2 atom stereocenters. The quantitative estimate of drug-likeness (QED) is 0.371. The van der Waals surface area contributed by atoms with Gasteiger partial charge in [0.2, 0.25) is 0 Å². The molecule has 2 fully saturated rings. The topological polar surface area (TPSA) is 60.8 Å². The third kappa shape index (κ3) is 7.38. The molecule has 1 aromatic carbocycles. The van der Waals surface area contributed by atoms with E-state index in [1.165, 1.54) is 62.6 Å². The highest BCUT2D eigenvalue weighted by Gasteiger charge is 2.26. The molecule has 33 heavy (non-hydrogen) atoms. The van der Waals surface area contributed by atoms with Crippen molar-refractivity contribution in [3.05, 3.63) is 60.3 Å². The molecule has 0 radical (unpaired) electrons. The molecule has 1 saturated carbocycles. The maximum atomic E-state index is 5.15. The second kappa shape index (κ2) is 13.5. The average molecular weight is 448 g/mol. The summed E-state index contributed by atoms with van der Waals surface area (Å²) in [6.45, 7) is 4.58. The fourth-order valence-corrected chi connectivity index (χ4v) is 5.26. The Bertz CT molecular complexity index is 794. The van der Waals surface area contributed by atoms with Crippen LogP contribution in [-0.2, 0) is 0 Å². The predicted octanol–water partition coefficient (Wildman–Crippen LogP) is 4.27. The molecule has 5 nitrogen and oxygen atoms in total. The van der Waals surface area contributed by atoms with Crippen LogP contribution in [0, 0.1) is 5.92 Å². The van der Waals surface area contributed by atoms with Crippen molar-refractivity contribution >= 4 is 11.4 Å². The molecule has 1 saturated heterocycles. The molecular weight excluding hydrogens is 406 g/mol. The van der Waals surface area contributed by atoms with Crippen molar-refractivity contribution in [2.24, 2.45) is 15.9 Å². The lowest BCUT2D eigenvalue weighted by molar-refractivity contribution is 0.404. The van der Waals surface area contributed by atoms with Gasteiger partial charge < -0.3 is 16.0 Å². The zero-order valence-electron chi connectivity index (χ0n) is 20.0. The Hall–Kier alpha value is -2.24. The zero-order chi connectivity index (χ0) is 22.6. The van der Waals surface area contributed by atoms with Gasteiger partial charge in [-0.05, 0) is 56.0 Å². The Morgan fingerprint density at radius 3 is 2.39 bits per heavy atom. The maximum absolute atomic E-state index is 5.15. The van der Waals surface area contributed by atoms with E-state index in [0.717, 1.165) is 38.4 Å². The molecule has 1 aromatic rings. The Labute approximate surface area is 200 Å². The normalized spacial score (nSPS) is 24.6. The first-order valence-corrected chi connectivity index (χ1v) is 13.1. The van der Waals surface area contributed by atoms with E-state index in [2.05, 4.69) is 58.4 Å². The zero-order valence-corrected chi connectivity index (χ0v) is 20.0. The van der Waals surface area contributed by atoms with Gasteiger partial charge in [-0.3, -0.25) is 9.98 Å². The number of allylic oxidation sites excluding steroid dienone is 2. The Morgan fingerprint density at radius 1 is 0.879 bits per heavy atom. The molecule has 2 heterocycles. The number of rotatable bonds is 10. The molecule has 0 bridgehead atoms. The Kier molecular flexibility index (Phi) is 9.75. The van der Waals surface area contributed by atoms with Crippen LogP contribution in [0.25, 0.3) is 0 Å². The first-order chi connectivity index (χ1) is 16.4. The highest BCUT2D eigenvalue weighted by Crippen LogP contribution is 2.27. The molecule has 4 rings (SSSR count). The molecule has 0 amide bonds. The van der Waals surface area contributed by atoms with E-state index in [4.69, 9.17) is 9.98 Å². The summed E-state index contributed by atoms with van der Waals surface area (Å²) >= 11 is 0. The maximum Gasteiger partial charge on any atom is 0.0870 e. The van der Waals surface area contributed by atoms with E-state index in [-0.39, 0.29) is 6.04 Å². The number of aliphatic imine (C=N–C) groups is 2. The minimum absolute atomic E-state index is 0.128. The molecule has 1 aliphatic carbocycles. The van der Waals surface area contributed by atoms with E-state index in [0.29, 0.717) is 12.0 Å². The average Bonchev–Trinajstić information content (AvgIpc) is 2.90. The van der Waals surface area contributed by atoms with Crippen LogP contribution in [0.4, 0.5) is 0 Å². The highest BCUT2D eigenvalue weighted by atomic mass is 15.0. The minimum Gasteiger partial charge on any atom is -0.379 e. The van der Waals surface area contributed by atoms with E-state index in [9.17, 15) is 0 Å². The third-order valence-electron chi connectivity index (χ3n) is 7.00. The molecule has 5 heteroatoms. The van der Waals surface area contributed by atoms with Crippen LogP contribution in [0.1, 0.15) is 56.9 Å². The number of piperidine rings is 1. The minimum atomic E-state index is 0.128. The van der Waals surface area contributed by atoms with Crippen LogP contribution < -0.4 is 16.0 Å². The van der Waals surface area contributed by atoms with Gasteiger partial charge in [-0.2, -0.15) is 0 Å². The fraction of sp³-hybridized carbons (Fsp3) is 0.571. The summed E-state index contributed by atoms with van der Waals surface area (Å²) < 4.78 is 0. The predicted molar refractivity (Wildman–Crippen MR) is 140 cm³/mol. The van der Waals surface area contributed by atoms with E-state index in [1.54, 1.807) is 0 Å². The summed E-state index contributed by atoms with van der Waals surface area (Å²) in [7, 11) is 0. The number of nitrogens with one attached hydrogen (secondary N) is 3. The van der Waals surface area contributed by atoms with Gasteiger partial charge in [-0.1, -0.05) is 68.2 Å². The molecule has 2 unspecified atom stereocenters. The molecule has 3 aliphatic rings. The van der Waals surface area contributed by atoms with Crippen molar-refractivity contribution in [2.45, 2.75) is 63.5 Å².